The van der Waals surface area contributed by atoms with Gasteiger partial charge in [-0.3, -0.25) is 0 Å². The van der Waals surface area contributed by atoms with E-state index in [4.69, 9.17) is 4.98 Å². The molecular weight excluding hydrogens is 308 g/mol. The van der Waals surface area contributed by atoms with Crippen molar-refractivity contribution >= 4 is 27.3 Å². The van der Waals surface area contributed by atoms with E-state index in [1.807, 2.05) is 0 Å². The SMILES string of the molecule is Brc1ccc(-c2nc(C3CCCNC3)cs2)cc1. The van der Waals surface area contributed by atoms with E-state index in [9.17, 15) is 0 Å². The minimum absolute atomic E-state index is 0.596. The quantitative estimate of drug-likeness (QED) is 0.902. The van der Waals surface area contributed by atoms with Gasteiger partial charge >= 0.3 is 0 Å². The van der Waals surface area contributed by atoms with Crippen molar-refractivity contribution in [2.24, 2.45) is 0 Å². The van der Waals surface area contributed by atoms with Crippen molar-refractivity contribution in [1.29, 1.82) is 0 Å². The van der Waals surface area contributed by atoms with Crippen LogP contribution in [-0.2, 0) is 0 Å². The molecule has 94 valence electrons. The first-order valence-electron chi connectivity index (χ1n) is 6.25. The van der Waals surface area contributed by atoms with Gasteiger partial charge in [0.25, 0.3) is 0 Å². The molecule has 4 heteroatoms. The molecule has 1 N–H and O–H groups in total. The second-order valence-corrected chi connectivity index (χ2v) is 6.40. The van der Waals surface area contributed by atoms with E-state index < -0.39 is 0 Å². The number of benzene rings is 1. The lowest BCUT2D eigenvalue weighted by atomic mass is 9.97. The van der Waals surface area contributed by atoms with Crippen LogP contribution >= 0.6 is 27.3 Å². The van der Waals surface area contributed by atoms with E-state index in [0.717, 1.165) is 22.6 Å². The number of hydrogen-bond acceptors (Lipinski definition) is 3. The monoisotopic (exact) mass is 322 g/mol. The summed E-state index contributed by atoms with van der Waals surface area (Å²) >= 11 is 5.21. The van der Waals surface area contributed by atoms with E-state index in [1.54, 1.807) is 11.3 Å². The predicted molar refractivity (Wildman–Crippen MR) is 80.1 cm³/mol. The number of halogens is 1. The molecule has 0 bridgehead atoms. The Morgan fingerprint density at radius 2 is 2.11 bits per heavy atom. The van der Waals surface area contributed by atoms with E-state index in [1.165, 1.54) is 24.1 Å². The first-order valence-corrected chi connectivity index (χ1v) is 7.92. The Hall–Kier alpha value is -0.710. The lowest BCUT2D eigenvalue weighted by Gasteiger charge is -2.20. The van der Waals surface area contributed by atoms with Crippen LogP contribution in [0.5, 0.6) is 0 Å². The topological polar surface area (TPSA) is 24.9 Å². The molecule has 1 fully saturated rings. The Labute approximate surface area is 120 Å². The molecule has 0 spiro atoms. The van der Waals surface area contributed by atoms with E-state index in [0.29, 0.717) is 5.92 Å². The molecule has 2 heterocycles. The zero-order valence-electron chi connectivity index (χ0n) is 10.0. The molecule has 18 heavy (non-hydrogen) atoms. The van der Waals surface area contributed by atoms with Crippen LogP contribution in [0.4, 0.5) is 0 Å². The Morgan fingerprint density at radius 1 is 1.28 bits per heavy atom. The van der Waals surface area contributed by atoms with Crippen molar-refractivity contribution in [2.75, 3.05) is 13.1 Å². The fourth-order valence-electron chi connectivity index (χ4n) is 2.30. The van der Waals surface area contributed by atoms with Crippen LogP contribution in [0.15, 0.2) is 34.1 Å². The highest BCUT2D eigenvalue weighted by molar-refractivity contribution is 9.10. The van der Waals surface area contributed by atoms with Gasteiger partial charge in [0.15, 0.2) is 0 Å². The van der Waals surface area contributed by atoms with E-state index in [-0.39, 0.29) is 0 Å². The number of nitrogens with one attached hydrogen (secondary N) is 1. The third-order valence-electron chi connectivity index (χ3n) is 3.33. The van der Waals surface area contributed by atoms with Gasteiger partial charge in [-0.1, -0.05) is 28.1 Å². The molecule has 3 rings (SSSR count). The fraction of sp³-hybridized carbons (Fsp3) is 0.357. The average molecular weight is 323 g/mol. The smallest absolute Gasteiger partial charge is 0.123 e. The molecule has 0 aliphatic carbocycles. The van der Waals surface area contributed by atoms with Crippen LogP contribution in [-0.4, -0.2) is 18.1 Å². The first kappa shape index (κ1) is 12.3. The molecule has 1 saturated heterocycles. The van der Waals surface area contributed by atoms with Gasteiger partial charge in [0.2, 0.25) is 0 Å². The molecule has 1 atom stereocenters. The third kappa shape index (κ3) is 2.66. The lowest BCUT2D eigenvalue weighted by Crippen LogP contribution is -2.28. The van der Waals surface area contributed by atoms with Crippen LogP contribution in [0.3, 0.4) is 0 Å². The molecular formula is C14H15BrN2S. The first-order chi connectivity index (χ1) is 8.83. The Balaban J connectivity index is 1.82. The van der Waals surface area contributed by atoms with Gasteiger partial charge in [-0.2, -0.15) is 0 Å². The minimum Gasteiger partial charge on any atom is -0.316 e. The minimum atomic E-state index is 0.596. The Bertz CT molecular complexity index is 515. The predicted octanol–water partition coefficient (Wildman–Crippen LogP) is 4.04. The summed E-state index contributed by atoms with van der Waals surface area (Å²) in [5, 5.41) is 6.79. The number of rotatable bonds is 2. The van der Waals surface area contributed by atoms with Gasteiger partial charge in [0.05, 0.1) is 5.69 Å². The molecule has 0 radical (unpaired) electrons. The van der Waals surface area contributed by atoms with Crippen LogP contribution in [0.1, 0.15) is 24.5 Å². The van der Waals surface area contributed by atoms with Crippen molar-refractivity contribution in [3.63, 3.8) is 0 Å². The molecule has 1 aliphatic rings. The summed E-state index contributed by atoms with van der Waals surface area (Å²) in [6, 6.07) is 8.37. The molecule has 1 unspecified atom stereocenters. The van der Waals surface area contributed by atoms with Crippen molar-refractivity contribution in [3.05, 3.63) is 39.8 Å². The molecule has 1 aliphatic heterocycles. The fourth-order valence-corrected chi connectivity index (χ4v) is 3.48. The largest absolute Gasteiger partial charge is 0.316 e. The van der Waals surface area contributed by atoms with E-state index in [2.05, 4.69) is 50.9 Å². The second kappa shape index (κ2) is 5.51. The maximum Gasteiger partial charge on any atom is 0.123 e. The molecule has 2 aromatic rings. The average Bonchev–Trinajstić information content (AvgIpc) is 2.90. The number of aromatic nitrogens is 1. The summed E-state index contributed by atoms with van der Waals surface area (Å²) in [6.45, 7) is 2.23. The molecule has 0 amide bonds. The molecule has 2 nitrogen and oxygen atoms in total. The van der Waals surface area contributed by atoms with E-state index >= 15 is 0 Å². The van der Waals surface area contributed by atoms with Crippen LogP contribution < -0.4 is 5.32 Å². The number of hydrogen-bond donors (Lipinski definition) is 1. The summed E-state index contributed by atoms with van der Waals surface area (Å²) < 4.78 is 1.11. The lowest BCUT2D eigenvalue weighted by molar-refractivity contribution is 0.456. The van der Waals surface area contributed by atoms with Gasteiger partial charge in [-0.15, -0.1) is 11.3 Å². The van der Waals surface area contributed by atoms with Gasteiger partial charge < -0.3 is 5.32 Å². The zero-order valence-corrected chi connectivity index (χ0v) is 12.4. The third-order valence-corrected chi connectivity index (χ3v) is 4.77. The van der Waals surface area contributed by atoms with Crippen LogP contribution in [0.25, 0.3) is 10.6 Å². The maximum absolute atomic E-state index is 4.80. The maximum atomic E-state index is 4.80. The van der Waals surface area contributed by atoms with Gasteiger partial charge in [-0.25, -0.2) is 4.98 Å². The van der Waals surface area contributed by atoms with Gasteiger partial charge in [0, 0.05) is 27.9 Å². The Kier molecular flexibility index (Phi) is 3.77. The van der Waals surface area contributed by atoms with Crippen molar-refractivity contribution < 1.29 is 0 Å². The summed E-state index contributed by atoms with van der Waals surface area (Å²) in [7, 11) is 0. The summed E-state index contributed by atoms with van der Waals surface area (Å²) in [4.78, 5) is 4.80. The van der Waals surface area contributed by atoms with Crippen molar-refractivity contribution in [2.45, 2.75) is 18.8 Å². The standard InChI is InChI=1S/C14H15BrN2S/c15-12-5-3-10(4-6-12)14-17-13(9-18-14)11-2-1-7-16-8-11/h3-6,9,11,16H,1-2,7-8H2. The van der Waals surface area contributed by atoms with Crippen molar-refractivity contribution in [3.8, 4) is 10.6 Å². The zero-order chi connectivity index (χ0) is 12.4. The summed E-state index contributed by atoms with van der Waals surface area (Å²) in [5.41, 5.74) is 2.46. The normalized spacial score (nSPS) is 19.9. The highest BCUT2D eigenvalue weighted by Crippen LogP contribution is 2.30. The highest BCUT2D eigenvalue weighted by atomic mass is 79.9. The van der Waals surface area contributed by atoms with Crippen LogP contribution in [0, 0.1) is 0 Å². The highest BCUT2D eigenvalue weighted by Gasteiger charge is 2.18. The molecule has 1 aromatic heterocycles. The summed E-state index contributed by atoms with van der Waals surface area (Å²) in [5.74, 6) is 0.596. The van der Waals surface area contributed by atoms with Gasteiger partial charge in [0.1, 0.15) is 5.01 Å². The molecule has 1 aromatic carbocycles. The van der Waals surface area contributed by atoms with Gasteiger partial charge in [-0.05, 0) is 31.5 Å². The number of piperidine rings is 1. The summed E-state index contributed by atoms with van der Waals surface area (Å²) in [6.07, 6.45) is 2.52. The van der Waals surface area contributed by atoms with Crippen molar-refractivity contribution in [1.82, 2.24) is 10.3 Å². The second-order valence-electron chi connectivity index (χ2n) is 4.63. The number of thiazole rings is 1. The van der Waals surface area contributed by atoms with Crippen LogP contribution in [0.2, 0.25) is 0 Å². The molecule has 0 saturated carbocycles. The Morgan fingerprint density at radius 3 is 2.83 bits per heavy atom. The number of nitrogens with zero attached hydrogens (tertiary/aromatic N) is 1.